The van der Waals surface area contributed by atoms with Crippen LogP contribution in [-0.2, 0) is 13.6 Å². The second-order valence-electron chi connectivity index (χ2n) is 5.13. The third kappa shape index (κ3) is 2.44. The standard InChI is InChI=1S/C13H17N5O2/c1-17-6-4-9(7-17)8-18-5-2-3-10(18)13-15-12(11(14)19)16-20-13/h4,6-7,10H,2-3,5,8H2,1H3,(H2,14,19). The van der Waals surface area contributed by atoms with Crippen LogP contribution in [0.4, 0.5) is 0 Å². The maximum atomic E-state index is 11.0. The Morgan fingerprint density at radius 2 is 2.45 bits per heavy atom. The molecular formula is C13H17N5O2. The second-order valence-corrected chi connectivity index (χ2v) is 5.13. The first-order chi connectivity index (χ1) is 9.63. The Kier molecular flexibility index (Phi) is 3.27. The van der Waals surface area contributed by atoms with E-state index in [1.165, 1.54) is 5.56 Å². The van der Waals surface area contributed by atoms with Crippen molar-refractivity contribution in [2.45, 2.75) is 25.4 Å². The van der Waals surface area contributed by atoms with Crippen LogP contribution in [0.25, 0.3) is 0 Å². The van der Waals surface area contributed by atoms with Crippen molar-refractivity contribution in [3.05, 3.63) is 35.7 Å². The van der Waals surface area contributed by atoms with Crippen LogP contribution in [0, 0.1) is 0 Å². The van der Waals surface area contributed by atoms with Crippen molar-refractivity contribution in [2.24, 2.45) is 12.8 Å². The number of nitrogens with zero attached hydrogens (tertiary/aromatic N) is 4. The van der Waals surface area contributed by atoms with E-state index in [0.717, 1.165) is 25.9 Å². The number of likely N-dealkylation sites (tertiary alicyclic amines) is 1. The van der Waals surface area contributed by atoms with Gasteiger partial charge in [0.1, 0.15) is 0 Å². The fraction of sp³-hybridized carbons (Fsp3) is 0.462. The molecule has 1 aliphatic heterocycles. The Morgan fingerprint density at radius 1 is 1.60 bits per heavy atom. The van der Waals surface area contributed by atoms with Crippen LogP contribution >= 0.6 is 0 Å². The summed E-state index contributed by atoms with van der Waals surface area (Å²) in [6.45, 7) is 1.81. The zero-order chi connectivity index (χ0) is 14.1. The molecular weight excluding hydrogens is 258 g/mol. The number of carbonyl (C=O) groups is 1. The molecule has 1 unspecified atom stereocenters. The first-order valence-electron chi connectivity index (χ1n) is 6.62. The van der Waals surface area contributed by atoms with E-state index in [9.17, 15) is 4.79 Å². The molecule has 2 aromatic rings. The van der Waals surface area contributed by atoms with E-state index in [1.807, 2.05) is 17.8 Å². The maximum Gasteiger partial charge on any atom is 0.290 e. The van der Waals surface area contributed by atoms with Gasteiger partial charge < -0.3 is 14.8 Å². The van der Waals surface area contributed by atoms with E-state index in [1.54, 1.807) is 0 Å². The van der Waals surface area contributed by atoms with Crippen LogP contribution in [0.15, 0.2) is 23.0 Å². The minimum absolute atomic E-state index is 0.0495. The Labute approximate surface area is 116 Å². The Balaban J connectivity index is 1.76. The van der Waals surface area contributed by atoms with Gasteiger partial charge >= 0.3 is 0 Å². The third-order valence-corrected chi connectivity index (χ3v) is 3.59. The van der Waals surface area contributed by atoms with E-state index in [-0.39, 0.29) is 11.9 Å². The van der Waals surface area contributed by atoms with Crippen LogP contribution in [-0.4, -0.2) is 32.1 Å². The van der Waals surface area contributed by atoms with Gasteiger partial charge in [0, 0.05) is 26.0 Å². The molecule has 0 aliphatic carbocycles. The molecule has 1 fully saturated rings. The van der Waals surface area contributed by atoms with E-state index in [2.05, 4.69) is 27.3 Å². The summed E-state index contributed by atoms with van der Waals surface area (Å²) in [4.78, 5) is 17.4. The highest BCUT2D eigenvalue weighted by molar-refractivity contribution is 5.88. The molecule has 3 heterocycles. The zero-order valence-corrected chi connectivity index (χ0v) is 11.3. The number of aromatic nitrogens is 3. The largest absolute Gasteiger partial charge is 0.363 e. The summed E-state index contributed by atoms with van der Waals surface area (Å²) in [5, 5.41) is 3.61. The number of rotatable bonds is 4. The van der Waals surface area contributed by atoms with Gasteiger partial charge in [0.2, 0.25) is 5.89 Å². The fourth-order valence-corrected chi connectivity index (χ4v) is 2.65. The van der Waals surface area contributed by atoms with Crippen LogP contribution in [0.1, 0.15) is 41.0 Å². The van der Waals surface area contributed by atoms with Crippen LogP contribution < -0.4 is 5.73 Å². The van der Waals surface area contributed by atoms with Gasteiger partial charge in [-0.25, -0.2) is 0 Å². The van der Waals surface area contributed by atoms with Gasteiger partial charge in [0.05, 0.1) is 6.04 Å². The molecule has 106 valence electrons. The number of carbonyl (C=O) groups excluding carboxylic acids is 1. The Hall–Kier alpha value is -2.15. The molecule has 20 heavy (non-hydrogen) atoms. The molecule has 7 heteroatoms. The van der Waals surface area contributed by atoms with Gasteiger partial charge in [-0.3, -0.25) is 9.69 Å². The van der Waals surface area contributed by atoms with Crippen LogP contribution in [0.5, 0.6) is 0 Å². The predicted molar refractivity (Wildman–Crippen MR) is 70.6 cm³/mol. The quantitative estimate of drug-likeness (QED) is 0.893. The number of aryl methyl sites for hydroxylation is 1. The molecule has 1 atom stereocenters. The minimum atomic E-state index is -0.660. The average Bonchev–Trinajstić information content (AvgIpc) is 3.10. The van der Waals surface area contributed by atoms with Crippen molar-refractivity contribution in [3.63, 3.8) is 0 Å². The van der Waals surface area contributed by atoms with E-state index >= 15 is 0 Å². The van der Waals surface area contributed by atoms with Gasteiger partial charge in [0.25, 0.3) is 11.7 Å². The Morgan fingerprint density at radius 3 is 3.10 bits per heavy atom. The van der Waals surface area contributed by atoms with Crippen molar-refractivity contribution < 1.29 is 9.32 Å². The highest BCUT2D eigenvalue weighted by Gasteiger charge is 2.31. The summed E-state index contributed by atoms with van der Waals surface area (Å²) in [6, 6.07) is 2.16. The van der Waals surface area contributed by atoms with Gasteiger partial charge in [-0.1, -0.05) is 5.16 Å². The molecule has 1 saturated heterocycles. The van der Waals surface area contributed by atoms with Crippen molar-refractivity contribution in [3.8, 4) is 0 Å². The summed E-state index contributed by atoms with van der Waals surface area (Å²) in [5.41, 5.74) is 6.39. The van der Waals surface area contributed by atoms with Gasteiger partial charge in [0.15, 0.2) is 0 Å². The van der Waals surface area contributed by atoms with Crippen LogP contribution in [0.3, 0.4) is 0 Å². The summed E-state index contributed by atoms with van der Waals surface area (Å²) < 4.78 is 7.20. The molecule has 0 radical (unpaired) electrons. The van der Waals surface area contributed by atoms with E-state index < -0.39 is 5.91 Å². The van der Waals surface area contributed by atoms with Gasteiger partial charge in [-0.15, -0.1) is 0 Å². The number of primary amides is 1. The number of hydrogen-bond acceptors (Lipinski definition) is 5. The predicted octanol–water partition coefficient (Wildman–Crippen LogP) is 0.844. The molecule has 0 bridgehead atoms. The SMILES string of the molecule is Cn1ccc(CN2CCCC2c2nc(C(N)=O)no2)c1. The topological polar surface area (TPSA) is 90.2 Å². The molecule has 0 spiro atoms. The Bertz CT molecular complexity index is 618. The summed E-state index contributed by atoms with van der Waals surface area (Å²) in [7, 11) is 2.00. The molecule has 1 amide bonds. The zero-order valence-electron chi connectivity index (χ0n) is 11.3. The van der Waals surface area contributed by atoms with E-state index in [4.69, 9.17) is 10.3 Å². The molecule has 2 N–H and O–H groups in total. The first-order valence-corrected chi connectivity index (χ1v) is 6.62. The van der Waals surface area contributed by atoms with Crippen molar-refractivity contribution in [2.75, 3.05) is 6.54 Å². The molecule has 0 saturated carbocycles. The lowest BCUT2D eigenvalue weighted by molar-refractivity contribution is 0.0987. The summed E-state index contributed by atoms with van der Waals surface area (Å²) in [6.07, 6.45) is 6.15. The third-order valence-electron chi connectivity index (χ3n) is 3.59. The maximum absolute atomic E-state index is 11.0. The normalized spacial score (nSPS) is 19.6. The van der Waals surface area contributed by atoms with Crippen molar-refractivity contribution in [1.82, 2.24) is 19.6 Å². The molecule has 3 rings (SSSR count). The van der Waals surface area contributed by atoms with Gasteiger partial charge in [-0.2, -0.15) is 4.98 Å². The number of nitrogens with two attached hydrogens (primary N) is 1. The molecule has 7 nitrogen and oxygen atoms in total. The fourth-order valence-electron chi connectivity index (χ4n) is 2.65. The lowest BCUT2D eigenvalue weighted by Crippen LogP contribution is -2.23. The average molecular weight is 275 g/mol. The van der Waals surface area contributed by atoms with E-state index in [0.29, 0.717) is 5.89 Å². The highest BCUT2D eigenvalue weighted by atomic mass is 16.5. The summed E-state index contributed by atoms with van der Waals surface area (Å²) >= 11 is 0. The molecule has 1 aliphatic rings. The monoisotopic (exact) mass is 275 g/mol. The number of hydrogen-bond donors (Lipinski definition) is 1. The van der Waals surface area contributed by atoms with Gasteiger partial charge in [-0.05, 0) is 31.0 Å². The number of amides is 1. The molecule has 0 aromatic carbocycles. The van der Waals surface area contributed by atoms with Crippen molar-refractivity contribution >= 4 is 5.91 Å². The lowest BCUT2D eigenvalue weighted by Gasteiger charge is -2.20. The van der Waals surface area contributed by atoms with Crippen molar-refractivity contribution in [1.29, 1.82) is 0 Å². The second kappa shape index (κ2) is 5.09. The highest BCUT2D eigenvalue weighted by Crippen LogP contribution is 2.32. The first kappa shape index (κ1) is 12.9. The van der Waals surface area contributed by atoms with Crippen LogP contribution in [0.2, 0.25) is 0 Å². The lowest BCUT2D eigenvalue weighted by atomic mass is 10.2. The molecule has 2 aromatic heterocycles. The smallest absolute Gasteiger partial charge is 0.290 e. The summed E-state index contributed by atoms with van der Waals surface area (Å²) in [5.74, 6) is -0.230. The minimum Gasteiger partial charge on any atom is -0.363 e.